The molecule has 1 aromatic carbocycles. The van der Waals surface area contributed by atoms with Gasteiger partial charge in [0.15, 0.2) is 0 Å². The van der Waals surface area contributed by atoms with Gasteiger partial charge in [-0.05, 0) is 36.6 Å². The summed E-state index contributed by atoms with van der Waals surface area (Å²) in [7, 11) is -3.27. The number of sulfonamides is 1. The molecule has 19 heavy (non-hydrogen) atoms. The maximum absolute atomic E-state index is 11.4. The van der Waals surface area contributed by atoms with E-state index >= 15 is 0 Å². The predicted molar refractivity (Wildman–Crippen MR) is 75.8 cm³/mol. The molecule has 1 aromatic heterocycles. The van der Waals surface area contributed by atoms with Gasteiger partial charge in [0.05, 0.1) is 18.3 Å². The second-order valence-corrected chi connectivity index (χ2v) is 6.47. The van der Waals surface area contributed by atoms with Crippen molar-refractivity contribution in [3.8, 4) is 0 Å². The molecule has 0 aliphatic heterocycles. The van der Waals surface area contributed by atoms with E-state index in [0.717, 1.165) is 28.6 Å². The van der Waals surface area contributed by atoms with Crippen LogP contribution in [0, 0.1) is 13.8 Å². The van der Waals surface area contributed by atoms with Gasteiger partial charge in [0.2, 0.25) is 10.0 Å². The lowest BCUT2D eigenvalue weighted by molar-refractivity contribution is 0.607. The van der Waals surface area contributed by atoms with Crippen LogP contribution in [0.25, 0.3) is 0 Å². The molecule has 5 nitrogen and oxygen atoms in total. The zero-order valence-electron chi connectivity index (χ0n) is 11.2. The highest BCUT2D eigenvalue weighted by Crippen LogP contribution is 2.24. The van der Waals surface area contributed by atoms with Crippen molar-refractivity contribution in [1.82, 2.24) is 9.97 Å². The average molecular weight is 279 g/mol. The van der Waals surface area contributed by atoms with Crippen molar-refractivity contribution in [3.63, 3.8) is 0 Å². The maximum atomic E-state index is 11.4. The monoisotopic (exact) mass is 279 g/mol. The SMILES string of the molecule is Cc1cc(Cc2cnc[nH]2)c(C)c(NS(C)(=O)=O)c1. The Bertz CT molecular complexity index is 676. The Morgan fingerprint density at radius 2 is 2.05 bits per heavy atom. The fourth-order valence-electron chi connectivity index (χ4n) is 2.01. The van der Waals surface area contributed by atoms with Crippen LogP contribution in [0.2, 0.25) is 0 Å². The van der Waals surface area contributed by atoms with Crippen molar-refractivity contribution in [1.29, 1.82) is 0 Å². The van der Waals surface area contributed by atoms with Gasteiger partial charge in [-0.2, -0.15) is 0 Å². The van der Waals surface area contributed by atoms with Crippen LogP contribution in [0.4, 0.5) is 5.69 Å². The molecule has 102 valence electrons. The number of benzene rings is 1. The fraction of sp³-hybridized carbons (Fsp3) is 0.308. The minimum atomic E-state index is -3.27. The summed E-state index contributed by atoms with van der Waals surface area (Å²) in [5.74, 6) is 0. The van der Waals surface area contributed by atoms with E-state index < -0.39 is 10.0 Å². The number of anilines is 1. The van der Waals surface area contributed by atoms with E-state index in [1.165, 1.54) is 0 Å². The van der Waals surface area contributed by atoms with Crippen LogP contribution < -0.4 is 4.72 Å². The summed E-state index contributed by atoms with van der Waals surface area (Å²) < 4.78 is 25.3. The number of hydrogen-bond acceptors (Lipinski definition) is 3. The molecule has 1 heterocycles. The molecule has 6 heteroatoms. The Morgan fingerprint density at radius 1 is 1.32 bits per heavy atom. The zero-order chi connectivity index (χ0) is 14.0. The number of imidazole rings is 1. The minimum Gasteiger partial charge on any atom is -0.348 e. The summed E-state index contributed by atoms with van der Waals surface area (Å²) in [6.45, 7) is 3.86. The summed E-state index contributed by atoms with van der Waals surface area (Å²) in [4.78, 5) is 7.04. The molecular formula is C13H17N3O2S. The van der Waals surface area contributed by atoms with Gasteiger partial charge in [-0.15, -0.1) is 0 Å². The zero-order valence-corrected chi connectivity index (χ0v) is 12.0. The smallest absolute Gasteiger partial charge is 0.229 e. The Hall–Kier alpha value is -1.82. The van der Waals surface area contributed by atoms with Crippen LogP contribution in [0.3, 0.4) is 0 Å². The van der Waals surface area contributed by atoms with Crippen molar-refractivity contribution >= 4 is 15.7 Å². The molecule has 0 bridgehead atoms. The number of aromatic amines is 1. The summed E-state index contributed by atoms with van der Waals surface area (Å²) in [6.07, 6.45) is 5.26. The number of aryl methyl sites for hydroxylation is 1. The third-order valence-corrected chi connectivity index (χ3v) is 3.48. The lowest BCUT2D eigenvalue weighted by Gasteiger charge is -2.13. The fourth-order valence-corrected chi connectivity index (χ4v) is 2.62. The van der Waals surface area contributed by atoms with Crippen LogP contribution in [-0.2, 0) is 16.4 Å². The molecule has 0 aliphatic carbocycles. The second kappa shape index (κ2) is 5.05. The first-order valence-corrected chi connectivity index (χ1v) is 7.79. The molecule has 0 unspecified atom stereocenters. The third kappa shape index (κ3) is 3.57. The number of nitrogens with zero attached hydrogens (tertiary/aromatic N) is 1. The summed E-state index contributed by atoms with van der Waals surface area (Å²) in [5, 5.41) is 0. The Labute approximate surface area is 113 Å². The van der Waals surface area contributed by atoms with E-state index in [4.69, 9.17) is 0 Å². The van der Waals surface area contributed by atoms with Gasteiger partial charge in [-0.3, -0.25) is 4.72 Å². The minimum absolute atomic E-state index is 0.636. The molecule has 0 spiro atoms. The largest absolute Gasteiger partial charge is 0.348 e. The van der Waals surface area contributed by atoms with Gasteiger partial charge in [0.25, 0.3) is 0 Å². The van der Waals surface area contributed by atoms with E-state index in [2.05, 4.69) is 20.8 Å². The summed E-state index contributed by atoms with van der Waals surface area (Å²) in [6, 6.07) is 3.90. The van der Waals surface area contributed by atoms with Crippen molar-refractivity contribution in [2.75, 3.05) is 11.0 Å². The van der Waals surface area contributed by atoms with Gasteiger partial charge in [-0.25, -0.2) is 13.4 Å². The van der Waals surface area contributed by atoms with E-state index in [1.807, 2.05) is 19.9 Å². The normalized spacial score (nSPS) is 11.5. The van der Waals surface area contributed by atoms with E-state index in [9.17, 15) is 8.42 Å². The van der Waals surface area contributed by atoms with Crippen LogP contribution in [0.15, 0.2) is 24.7 Å². The Kier molecular flexibility index (Phi) is 3.61. The van der Waals surface area contributed by atoms with Crippen LogP contribution in [-0.4, -0.2) is 24.6 Å². The topological polar surface area (TPSA) is 74.8 Å². The van der Waals surface area contributed by atoms with Crippen molar-refractivity contribution in [3.05, 3.63) is 47.0 Å². The van der Waals surface area contributed by atoms with Crippen molar-refractivity contribution < 1.29 is 8.42 Å². The molecular weight excluding hydrogens is 262 g/mol. The highest BCUT2D eigenvalue weighted by molar-refractivity contribution is 7.92. The van der Waals surface area contributed by atoms with Gasteiger partial charge < -0.3 is 4.98 Å². The number of aromatic nitrogens is 2. The molecule has 0 saturated heterocycles. The Balaban J connectivity index is 2.39. The molecule has 0 amide bonds. The number of H-pyrrole nitrogens is 1. The highest BCUT2D eigenvalue weighted by Gasteiger charge is 2.10. The first kappa shape index (κ1) is 13.6. The first-order valence-electron chi connectivity index (χ1n) is 5.90. The third-order valence-electron chi connectivity index (χ3n) is 2.89. The molecule has 2 N–H and O–H groups in total. The molecule has 0 radical (unpaired) electrons. The lowest BCUT2D eigenvalue weighted by Crippen LogP contribution is -2.11. The number of rotatable bonds is 4. The van der Waals surface area contributed by atoms with E-state index in [1.54, 1.807) is 12.5 Å². The first-order chi connectivity index (χ1) is 8.85. The molecule has 0 atom stereocenters. The molecule has 2 rings (SSSR count). The second-order valence-electron chi connectivity index (χ2n) is 4.72. The molecule has 0 saturated carbocycles. The van der Waals surface area contributed by atoms with Gasteiger partial charge in [0, 0.05) is 18.3 Å². The highest BCUT2D eigenvalue weighted by atomic mass is 32.2. The van der Waals surface area contributed by atoms with E-state index in [0.29, 0.717) is 12.1 Å². The molecule has 2 aromatic rings. The average Bonchev–Trinajstić information content (AvgIpc) is 2.75. The Morgan fingerprint density at radius 3 is 2.63 bits per heavy atom. The van der Waals surface area contributed by atoms with Gasteiger partial charge in [-0.1, -0.05) is 6.07 Å². The number of nitrogens with one attached hydrogen (secondary N) is 2. The van der Waals surface area contributed by atoms with E-state index in [-0.39, 0.29) is 0 Å². The molecule has 0 fully saturated rings. The van der Waals surface area contributed by atoms with Gasteiger partial charge >= 0.3 is 0 Å². The number of hydrogen-bond donors (Lipinski definition) is 2. The van der Waals surface area contributed by atoms with Crippen LogP contribution in [0.1, 0.15) is 22.4 Å². The van der Waals surface area contributed by atoms with Crippen LogP contribution in [0.5, 0.6) is 0 Å². The van der Waals surface area contributed by atoms with Gasteiger partial charge in [0.1, 0.15) is 0 Å². The van der Waals surface area contributed by atoms with Crippen LogP contribution >= 0.6 is 0 Å². The van der Waals surface area contributed by atoms with Crippen molar-refractivity contribution in [2.45, 2.75) is 20.3 Å². The summed E-state index contributed by atoms with van der Waals surface area (Å²) in [5.41, 5.74) is 4.67. The quantitative estimate of drug-likeness (QED) is 0.898. The maximum Gasteiger partial charge on any atom is 0.229 e. The standard InChI is InChI=1S/C13H17N3O2S/c1-9-4-11(6-12-7-14-8-15-12)10(2)13(5-9)16-19(3,17)18/h4-5,7-8,16H,6H2,1-3H3,(H,14,15). The van der Waals surface area contributed by atoms with Crippen molar-refractivity contribution in [2.24, 2.45) is 0 Å². The lowest BCUT2D eigenvalue weighted by atomic mass is 10.00. The summed E-state index contributed by atoms with van der Waals surface area (Å²) >= 11 is 0. The molecule has 0 aliphatic rings. The predicted octanol–water partition coefficient (Wildman–Crippen LogP) is 1.99.